The highest BCUT2D eigenvalue weighted by Gasteiger charge is 2.14. The van der Waals surface area contributed by atoms with Gasteiger partial charge in [-0.1, -0.05) is 12.8 Å². The Kier molecular flexibility index (Phi) is 5.59. The molecular weight excluding hydrogens is 254 g/mol. The van der Waals surface area contributed by atoms with Crippen LogP contribution in [0.5, 0.6) is 5.88 Å². The van der Waals surface area contributed by atoms with Crippen LogP contribution in [0.4, 0.5) is 5.82 Å². The molecular formula is C15H25N3O2. The molecule has 1 heterocycles. The molecule has 1 aliphatic rings. The molecule has 1 fully saturated rings. The summed E-state index contributed by atoms with van der Waals surface area (Å²) in [6, 6.07) is 0. The number of nitrogens with one attached hydrogen (secondary N) is 1. The van der Waals surface area contributed by atoms with Crippen LogP contribution >= 0.6 is 0 Å². The van der Waals surface area contributed by atoms with Gasteiger partial charge in [0, 0.05) is 13.2 Å². The standard InChI is InChI=1S/C15H25N3O2/c1-11-14(17-12(2)18-15(11)19-3)16-9-6-10-20-13-7-4-5-8-13/h13H,4-10H2,1-3H3,(H,16,17,18). The van der Waals surface area contributed by atoms with Gasteiger partial charge in [0.2, 0.25) is 5.88 Å². The topological polar surface area (TPSA) is 56.3 Å². The number of anilines is 1. The third-order valence-corrected chi connectivity index (χ3v) is 3.68. The lowest BCUT2D eigenvalue weighted by atomic mass is 10.3. The lowest BCUT2D eigenvalue weighted by Gasteiger charge is -2.13. The second-order valence-electron chi connectivity index (χ2n) is 5.31. The predicted octanol–water partition coefficient (Wildman–Crippen LogP) is 2.86. The summed E-state index contributed by atoms with van der Waals surface area (Å²) in [4.78, 5) is 8.66. The van der Waals surface area contributed by atoms with Crippen LogP contribution < -0.4 is 10.1 Å². The van der Waals surface area contributed by atoms with Crippen LogP contribution in [0.2, 0.25) is 0 Å². The highest BCUT2D eigenvalue weighted by Crippen LogP contribution is 2.22. The van der Waals surface area contributed by atoms with Gasteiger partial charge in [0.1, 0.15) is 11.6 Å². The Morgan fingerprint density at radius 3 is 2.65 bits per heavy atom. The number of methoxy groups -OCH3 is 1. The normalized spacial score (nSPS) is 15.6. The zero-order valence-corrected chi connectivity index (χ0v) is 12.7. The Bertz CT molecular complexity index is 431. The van der Waals surface area contributed by atoms with Crippen molar-refractivity contribution in [3.05, 3.63) is 11.4 Å². The highest BCUT2D eigenvalue weighted by atomic mass is 16.5. The largest absolute Gasteiger partial charge is 0.481 e. The molecule has 20 heavy (non-hydrogen) atoms. The number of rotatable bonds is 7. The Morgan fingerprint density at radius 2 is 1.95 bits per heavy atom. The molecule has 0 bridgehead atoms. The lowest BCUT2D eigenvalue weighted by molar-refractivity contribution is 0.0583. The molecule has 2 rings (SSSR count). The molecule has 5 nitrogen and oxygen atoms in total. The van der Waals surface area contributed by atoms with Gasteiger partial charge < -0.3 is 14.8 Å². The van der Waals surface area contributed by atoms with Gasteiger partial charge in [-0.2, -0.15) is 4.98 Å². The van der Waals surface area contributed by atoms with Crippen LogP contribution in [0.15, 0.2) is 0 Å². The van der Waals surface area contributed by atoms with Crippen molar-refractivity contribution < 1.29 is 9.47 Å². The summed E-state index contributed by atoms with van der Waals surface area (Å²) in [5.41, 5.74) is 0.954. The van der Waals surface area contributed by atoms with Gasteiger partial charge >= 0.3 is 0 Å². The Morgan fingerprint density at radius 1 is 1.20 bits per heavy atom. The van der Waals surface area contributed by atoms with Crippen LogP contribution in [0.25, 0.3) is 0 Å². The summed E-state index contributed by atoms with van der Waals surface area (Å²) in [6.07, 6.45) is 6.59. The minimum Gasteiger partial charge on any atom is -0.481 e. The summed E-state index contributed by atoms with van der Waals surface area (Å²) in [6.45, 7) is 5.51. The minimum absolute atomic E-state index is 0.498. The van der Waals surface area contributed by atoms with Crippen LogP contribution in [0.1, 0.15) is 43.5 Å². The van der Waals surface area contributed by atoms with Crippen molar-refractivity contribution in [2.45, 2.75) is 52.1 Å². The third-order valence-electron chi connectivity index (χ3n) is 3.68. The highest BCUT2D eigenvalue weighted by molar-refractivity contribution is 5.48. The van der Waals surface area contributed by atoms with Crippen molar-refractivity contribution in [3.63, 3.8) is 0 Å². The fourth-order valence-electron chi connectivity index (χ4n) is 2.56. The zero-order chi connectivity index (χ0) is 14.4. The molecule has 0 aliphatic heterocycles. The van der Waals surface area contributed by atoms with E-state index >= 15 is 0 Å². The molecule has 0 amide bonds. The molecule has 0 radical (unpaired) electrons. The fraction of sp³-hybridized carbons (Fsp3) is 0.733. The van der Waals surface area contributed by atoms with Crippen LogP contribution in [0, 0.1) is 13.8 Å². The lowest BCUT2D eigenvalue weighted by Crippen LogP contribution is -2.13. The summed E-state index contributed by atoms with van der Waals surface area (Å²) >= 11 is 0. The molecule has 5 heteroatoms. The predicted molar refractivity (Wildman–Crippen MR) is 79.4 cm³/mol. The first kappa shape index (κ1) is 15.0. The van der Waals surface area contributed by atoms with E-state index in [2.05, 4.69) is 15.3 Å². The van der Waals surface area contributed by atoms with E-state index in [-0.39, 0.29) is 0 Å². The van der Waals surface area contributed by atoms with Crippen LogP contribution in [-0.2, 0) is 4.74 Å². The molecule has 1 saturated carbocycles. The maximum atomic E-state index is 5.84. The van der Waals surface area contributed by atoms with Crippen molar-refractivity contribution in [2.75, 3.05) is 25.6 Å². The average molecular weight is 279 g/mol. The van der Waals surface area contributed by atoms with Gasteiger partial charge in [-0.25, -0.2) is 4.98 Å². The smallest absolute Gasteiger partial charge is 0.221 e. The van der Waals surface area contributed by atoms with Gasteiger partial charge in [-0.05, 0) is 33.1 Å². The van der Waals surface area contributed by atoms with E-state index in [1.165, 1.54) is 25.7 Å². The minimum atomic E-state index is 0.498. The number of aromatic nitrogens is 2. The maximum absolute atomic E-state index is 5.84. The molecule has 0 saturated heterocycles. The summed E-state index contributed by atoms with van der Waals surface area (Å²) in [5.74, 6) is 2.22. The number of nitrogens with zero attached hydrogens (tertiary/aromatic N) is 2. The second-order valence-corrected chi connectivity index (χ2v) is 5.31. The quantitative estimate of drug-likeness (QED) is 0.778. The Balaban J connectivity index is 1.74. The average Bonchev–Trinajstić information content (AvgIpc) is 2.95. The van der Waals surface area contributed by atoms with E-state index in [0.717, 1.165) is 36.8 Å². The summed E-state index contributed by atoms with van der Waals surface area (Å²) in [5, 5.41) is 3.34. The second kappa shape index (κ2) is 7.43. The number of ether oxygens (including phenoxy) is 2. The summed E-state index contributed by atoms with van der Waals surface area (Å²) in [7, 11) is 1.63. The number of aryl methyl sites for hydroxylation is 1. The molecule has 1 N–H and O–H groups in total. The van der Waals surface area contributed by atoms with Crippen molar-refractivity contribution >= 4 is 5.82 Å². The molecule has 0 atom stereocenters. The van der Waals surface area contributed by atoms with Crippen LogP contribution in [0.3, 0.4) is 0 Å². The monoisotopic (exact) mass is 279 g/mol. The van der Waals surface area contributed by atoms with Crippen molar-refractivity contribution in [2.24, 2.45) is 0 Å². The number of hydrogen-bond acceptors (Lipinski definition) is 5. The number of hydrogen-bond donors (Lipinski definition) is 1. The first-order valence-corrected chi connectivity index (χ1v) is 7.45. The van der Waals surface area contributed by atoms with Gasteiger partial charge in [0.05, 0.1) is 18.8 Å². The van der Waals surface area contributed by atoms with E-state index < -0.39 is 0 Å². The SMILES string of the molecule is COc1nc(C)nc(NCCCOC2CCCC2)c1C. The van der Waals surface area contributed by atoms with E-state index in [9.17, 15) is 0 Å². The molecule has 112 valence electrons. The Hall–Kier alpha value is -1.36. The zero-order valence-electron chi connectivity index (χ0n) is 12.7. The van der Waals surface area contributed by atoms with Crippen LogP contribution in [-0.4, -0.2) is 36.3 Å². The van der Waals surface area contributed by atoms with E-state index in [0.29, 0.717) is 12.0 Å². The Labute approximate surface area is 121 Å². The summed E-state index contributed by atoms with van der Waals surface area (Å²) < 4.78 is 11.1. The molecule has 1 aliphatic carbocycles. The van der Waals surface area contributed by atoms with Gasteiger partial charge in [-0.3, -0.25) is 0 Å². The van der Waals surface area contributed by atoms with Crippen molar-refractivity contribution in [1.29, 1.82) is 0 Å². The third kappa shape index (κ3) is 4.07. The maximum Gasteiger partial charge on any atom is 0.221 e. The van der Waals surface area contributed by atoms with Crippen molar-refractivity contribution in [1.82, 2.24) is 9.97 Å². The van der Waals surface area contributed by atoms with Crippen molar-refractivity contribution in [3.8, 4) is 5.88 Å². The van der Waals surface area contributed by atoms with E-state index in [4.69, 9.17) is 9.47 Å². The molecule has 0 spiro atoms. The molecule has 1 aromatic rings. The van der Waals surface area contributed by atoms with Gasteiger partial charge in [0.15, 0.2) is 0 Å². The van der Waals surface area contributed by atoms with Gasteiger partial charge in [0.25, 0.3) is 0 Å². The first-order chi connectivity index (χ1) is 9.70. The molecule has 0 unspecified atom stereocenters. The first-order valence-electron chi connectivity index (χ1n) is 7.45. The molecule has 1 aromatic heterocycles. The fourth-order valence-corrected chi connectivity index (χ4v) is 2.56. The molecule has 0 aromatic carbocycles. The van der Waals surface area contributed by atoms with E-state index in [1.807, 2.05) is 13.8 Å². The van der Waals surface area contributed by atoms with Gasteiger partial charge in [-0.15, -0.1) is 0 Å². The van der Waals surface area contributed by atoms with E-state index in [1.54, 1.807) is 7.11 Å².